The van der Waals surface area contributed by atoms with Gasteiger partial charge in [-0.2, -0.15) is 0 Å². The van der Waals surface area contributed by atoms with Crippen molar-refractivity contribution in [2.75, 3.05) is 0 Å². The largest absolute Gasteiger partial charge is 0.370 e. The highest BCUT2D eigenvalue weighted by atomic mass is 15.0. The van der Waals surface area contributed by atoms with Crippen molar-refractivity contribution >= 4 is 5.96 Å². The van der Waals surface area contributed by atoms with Crippen LogP contribution in [0.15, 0.2) is 0 Å². The molecular formula is CH9N5. The smallest absolute Gasteiger partial charge is 0.183 e. The molecule has 0 radical (unpaired) electrons. The highest BCUT2D eigenvalue weighted by Gasteiger charge is 1.52. The van der Waals surface area contributed by atoms with Gasteiger partial charge in [-0.05, 0) is 0 Å². The van der Waals surface area contributed by atoms with E-state index in [1.54, 1.807) is 0 Å². The maximum absolute atomic E-state index is 6.06. The molecule has 0 heterocycles. The number of nitrogens with two attached hydrogens (primary N) is 4. The lowest BCUT2D eigenvalue weighted by Gasteiger charge is -1.69. The second kappa shape index (κ2) is 8.89. The summed E-state index contributed by atoms with van der Waals surface area (Å²) in [6, 6.07) is 0. The third-order valence-electron chi connectivity index (χ3n) is 0. The van der Waals surface area contributed by atoms with Crippen LogP contribution in [0.1, 0.15) is 0 Å². The van der Waals surface area contributed by atoms with Gasteiger partial charge in [0.1, 0.15) is 0 Å². The summed E-state index contributed by atoms with van der Waals surface area (Å²) < 4.78 is 0. The number of hydrazine groups is 1. The summed E-state index contributed by atoms with van der Waals surface area (Å²) in [5, 5.41) is 6.06. The van der Waals surface area contributed by atoms with Crippen LogP contribution in [0.2, 0.25) is 0 Å². The van der Waals surface area contributed by atoms with Gasteiger partial charge in [0, 0.05) is 0 Å². The van der Waals surface area contributed by atoms with Crippen molar-refractivity contribution in [3.63, 3.8) is 0 Å². The molecule has 0 saturated heterocycles. The van der Waals surface area contributed by atoms with E-state index < -0.39 is 0 Å². The van der Waals surface area contributed by atoms with Crippen molar-refractivity contribution in [2.45, 2.75) is 0 Å². The Morgan fingerprint density at radius 2 is 1.17 bits per heavy atom. The second-order valence-corrected chi connectivity index (χ2v) is 0.455. The average molecular weight is 91.1 g/mol. The van der Waals surface area contributed by atoms with E-state index >= 15 is 0 Å². The molecule has 0 unspecified atom stereocenters. The summed E-state index contributed by atoms with van der Waals surface area (Å²) in [7, 11) is 0. The summed E-state index contributed by atoms with van der Waals surface area (Å²) in [5.41, 5.74) is 8.94. The quantitative estimate of drug-likeness (QED) is 0.0989. The fourth-order valence-electron chi connectivity index (χ4n) is 0. The minimum atomic E-state index is -0.333. The Morgan fingerprint density at radius 3 is 1.17 bits per heavy atom. The molecule has 5 nitrogen and oxygen atoms in total. The number of hydrogen-bond acceptors (Lipinski definition) is 3. The van der Waals surface area contributed by atoms with E-state index in [0.29, 0.717) is 0 Å². The van der Waals surface area contributed by atoms with Crippen LogP contribution in [0.5, 0.6) is 0 Å². The highest BCUT2D eigenvalue weighted by molar-refractivity contribution is 5.71. The summed E-state index contributed by atoms with van der Waals surface area (Å²) in [4.78, 5) is 0. The Hall–Kier alpha value is -0.810. The molecule has 0 aliphatic rings. The van der Waals surface area contributed by atoms with Gasteiger partial charge >= 0.3 is 0 Å². The van der Waals surface area contributed by atoms with Crippen LogP contribution in [-0.4, -0.2) is 5.96 Å². The molecule has 0 bridgehead atoms. The Labute approximate surface area is 35.8 Å². The Balaban J connectivity index is 0. The van der Waals surface area contributed by atoms with Gasteiger partial charge in [0.2, 0.25) is 0 Å². The fraction of sp³-hybridized carbons (Fsp3) is 0. The molecule has 0 fully saturated rings. The van der Waals surface area contributed by atoms with Crippen LogP contribution in [-0.2, 0) is 0 Å². The molecule has 0 rings (SSSR count). The molecule has 0 aliphatic heterocycles. The van der Waals surface area contributed by atoms with Crippen molar-refractivity contribution in [3.8, 4) is 0 Å². The number of rotatable bonds is 0. The molecule has 5 heteroatoms. The zero-order valence-electron chi connectivity index (χ0n) is 3.31. The molecule has 0 aromatic rings. The highest BCUT2D eigenvalue weighted by Crippen LogP contribution is 1.13. The van der Waals surface area contributed by atoms with E-state index in [0.717, 1.165) is 0 Å². The monoisotopic (exact) mass is 91.1 g/mol. The Morgan fingerprint density at radius 1 is 1.17 bits per heavy atom. The predicted octanol–water partition coefficient (Wildman–Crippen LogP) is -2.34. The van der Waals surface area contributed by atoms with Crippen LogP contribution in [0, 0.1) is 5.41 Å². The van der Waals surface area contributed by atoms with E-state index in [9.17, 15) is 0 Å². The molecule has 9 N–H and O–H groups in total. The molecule has 6 heavy (non-hydrogen) atoms. The molecule has 0 aromatic carbocycles. The van der Waals surface area contributed by atoms with Gasteiger partial charge < -0.3 is 11.5 Å². The third kappa shape index (κ3) is 23.3. The zero-order chi connectivity index (χ0) is 5.58. The van der Waals surface area contributed by atoms with Crippen molar-refractivity contribution in [1.29, 1.82) is 5.41 Å². The first-order valence-corrected chi connectivity index (χ1v) is 1.16. The van der Waals surface area contributed by atoms with Crippen molar-refractivity contribution in [2.24, 2.45) is 23.2 Å². The van der Waals surface area contributed by atoms with Crippen LogP contribution >= 0.6 is 0 Å². The SMILES string of the molecule is N=C(N)N.NN. The van der Waals surface area contributed by atoms with E-state index in [1.165, 1.54) is 0 Å². The molecule has 38 valence electrons. The predicted molar refractivity (Wildman–Crippen MR) is 24.5 cm³/mol. The first-order chi connectivity index (χ1) is 2.73. The fourth-order valence-corrected chi connectivity index (χ4v) is 0. The Kier molecular flexibility index (Phi) is 13.3. The molecule has 0 saturated carbocycles. The summed E-state index contributed by atoms with van der Waals surface area (Å²) in [6.45, 7) is 0. The lowest BCUT2D eigenvalue weighted by atomic mass is 11.1. The van der Waals surface area contributed by atoms with E-state index in [-0.39, 0.29) is 5.96 Å². The maximum atomic E-state index is 6.06. The summed E-state index contributed by atoms with van der Waals surface area (Å²) in [6.07, 6.45) is 0. The van der Waals surface area contributed by atoms with Gasteiger partial charge in [-0.15, -0.1) is 0 Å². The number of guanidine groups is 1. The normalized spacial score (nSPS) is 5.00. The average Bonchev–Trinajstić information content (AvgIpc) is 1.41. The van der Waals surface area contributed by atoms with Gasteiger partial charge in [-0.3, -0.25) is 17.1 Å². The maximum Gasteiger partial charge on any atom is 0.183 e. The van der Waals surface area contributed by atoms with Crippen LogP contribution in [0.4, 0.5) is 0 Å². The van der Waals surface area contributed by atoms with Crippen molar-refractivity contribution in [1.82, 2.24) is 0 Å². The second-order valence-electron chi connectivity index (χ2n) is 0.455. The number of nitrogens with one attached hydrogen (secondary N) is 1. The molecule has 0 aliphatic carbocycles. The van der Waals surface area contributed by atoms with Crippen LogP contribution in [0.3, 0.4) is 0 Å². The third-order valence-corrected chi connectivity index (χ3v) is 0. The van der Waals surface area contributed by atoms with Gasteiger partial charge in [0.05, 0.1) is 0 Å². The van der Waals surface area contributed by atoms with Gasteiger partial charge in [0.15, 0.2) is 5.96 Å². The number of hydrogen-bond donors (Lipinski definition) is 5. The topological polar surface area (TPSA) is 128 Å². The standard InChI is InChI=1S/CH5N3.H4N2/c2-1(3)4;1-2/h(H5,2,3,4);1-2H2. The minimum absolute atomic E-state index is 0.333. The van der Waals surface area contributed by atoms with Crippen molar-refractivity contribution in [3.05, 3.63) is 0 Å². The van der Waals surface area contributed by atoms with Crippen molar-refractivity contribution < 1.29 is 0 Å². The Bertz CT molecular complexity index is 26.9. The molecule has 0 amide bonds. The van der Waals surface area contributed by atoms with Crippen LogP contribution < -0.4 is 23.2 Å². The van der Waals surface area contributed by atoms with Gasteiger partial charge in [-0.25, -0.2) is 0 Å². The molecular weight excluding hydrogens is 82.0 g/mol. The lowest BCUT2D eigenvalue weighted by Crippen LogP contribution is -2.20. The lowest BCUT2D eigenvalue weighted by molar-refractivity contribution is 1.26. The summed E-state index contributed by atoms with van der Waals surface area (Å²) in [5.74, 6) is 7.67. The van der Waals surface area contributed by atoms with E-state index in [1.807, 2.05) is 0 Å². The molecule has 0 aromatic heterocycles. The van der Waals surface area contributed by atoms with Gasteiger partial charge in [0.25, 0.3) is 0 Å². The molecule has 0 atom stereocenters. The summed E-state index contributed by atoms with van der Waals surface area (Å²) >= 11 is 0. The molecule has 0 spiro atoms. The van der Waals surface area contributed by atoms with E-state index in [4.69, 9.17) is 5.41 Å². The first-order valence-electron chi connectivity index (χ1n) is 1.16. The minimum Gasteiger partial charge on any atom is -0.370 e. The van der Waals surface area contributed by atoms with Crippen LogP contribution in [0.25, 0.3) is 0 Å². The zero-order valence-corrected chi connectivity index (χ0v) is 3.31. The first kappa shape index (κ1) is 8.95. The van der Waals surface area contributed by atoms with Gasteiger partial charge in [-0.1, -0.05) is 0 Å². The van der Waals surface area contributed by atoms with E-state index in [2.05, 4.69) is 23.2 Å².